The maximum Gasteiger partial charge on any atom is 0.146 e. The lowest BCUT2D eigenvalue weighted by atomic mass is 10.0. The Kier molecular flexibility index (Phi) is 3.76. The molecule has 2 nitrogen and oxygen atoms in total. The van der Waals surface area contributed by atoms with Gasteiger partial charge in [0, 0.05) is 5.92 Å². The minimum atomic E-state index is 0.503. The van der Waals surface area contributed by atoms with Gasteiger partial charge in [0.15, 0.2) is 0 Å². The molecular weight excluding hydrogens is 128 g/mol. The van der Waals surface area contributed by atoms with E-state index in [-0.39, 0.29) is 0 Å². The van der Waals surface area contributed by atoms with Crippen LogP contribution in [0, 0.1) is 5.92 Å². The Labute approximate surface area is 62.5 Å². The van der Waals surface area contributed by atoms with Crippen LogP contribution in [0.1, 0.15) is 26.2 Å². The molecule has 1 aliphatic rings. The van der Waals surface area contributed by atoms with Gasteiger partial charge in [-0.05, 0) is 6.42 Å². The molecule has 0 unspecified atom stereocenters. The Hall–Kier alpha value is -0.0800. The highest BCUT2D eigenvalue weighted by atomic mass is 16.7. The van der Waals surface area contributed by atoms with Crippen LogP contribution in [0.25, 0.3) is 0 Å². The fraction of sp³-hybridized carbons (Fsp3) is 1.00. The molecule has 0 aromatic rings. The van der Waals surface area contributed by atoms with Crippen LogP contribution in [0.15, 0.2) is 0 Å². The van der Waals surface area contributed by atoms with E-state index in [1.165, 1.54) is 19.3 Å². The minimum Gasteiger partial charge on any atom is -0.355 e. The molecule has 0 aliphatic carbocycles. The molecule has 10 heavy (non-hydrogen) atoms. The van der Waals surface area contributed by atoms with Crippen LogP contribution in [0.5, 0.6) is 0 Å². The van der Waals surface area contributed by atoms with E-state index in [1.807, 2.05) is 0 Å². The zero-order valence-corrected chi connectivity index (χ0v) is 6.64. The minimum absolute atomic E-state index is 0.503. The maximum atomic E-state index is 5.16. The monoisotopic (exact) mass is 144 g/mol. The third-order valence-corrected chi connectivity index (χ3v) is 1.84. The summed E-state index contributed by atoms with van der Waals surface area (Å²) in [5.41, 5.74) is 0. The van der Waals surface area contributed by atoms with E-state index in [0.717, 1.165) is 13.2 Å². The maximum absolute atomic E-state index is 5.16. The molecule has 0 atom stereocenters. The van der Waals surface area contributed by atoms with Crippen LogP contribution in [0.4, 0.5) is 0 Å². The Morgan fingerprint density at radius 2 is 2.00 bits per heavy atom. The molecule has 1 fully saturated rings. The molecule has 2 heteroatoms. The molecule has 1 saturated heterocycles. The molecule has 0 aromatic carbocycles. The predicted octanol–water partition coefficient (Wildman–Crippen LogP) is 1.80. The van der Waals surface area contributed by atoms with Gasteiger partial charge < -0.3 is 9.47 Å². The van der Waals surface area contributed by atoms with E-state index in [9.17, 15) is 0 Å². The lowest BCUT2D eigenvalue weighted by Gasteiger charge is -2.21. The van der Waals surface area contributed by atoms with Crippen molar-refractivity contribution >= 4 is 0 Å². The third-order valence-electron chi connectivity index (χ3n) is 1.84. The molecule has 1 aliphatic heterocycles. The highest BCUT2D eigenvalue weighted by molar-refractivity contribution is 4.58. The van der Waals surface area contributed by atoms with Crippen LogP contribution in [0.3, 0.4) is 0 Å². The highest BCUT2D eigenvalue weighted by Crippen LogP contribution is 2.12. The first-order valence-corrected chi connectivity index (χ1v) is 4.09. The van der Waals surface area contributed by atoms with Crippen molar-refractivity contribution in [3.05, 3.63) is 0 Å². The smallest absolute Gasteiger partial charge is 0.146 e. The third kappa shape index (κ3) is 2.67. The SMILES string of the molecule is CCCCC1COCOC1. The van der Waals surface area contributed by atoms with E-state index >= 15 is 0 Å². The van der Waals surface area contributed by atoms with Crippen molar-refractivity contribution in [2.75, 3.05) is 20.0 Å². The van der Waals surface area contributed by atoms with Gasteiger partial charge in [-0.25, -0.2) is 0 Å². The summed E-state index contributed by atoms with van der Waals surface area (Å²) in [6.07, 6.45) is 3.84. The van der Waals surface area contributed by atoms with Gasteiger partial charge in [-0.2, -0.15) is 0 Å². The number of hydrogen-bond acceptors (Lipinski definition) is 2. The van der Waals surface area contributed by atoms with Crippen molar-refractivity contribution in [1.29, 1.82) is 0 Å². The van der Waals surface area contributed by atoms with Crippen molar-refractivity contribution < 1.29 is 9.47 Å². The topological polar surface area (TPSA) is 18.5 Å². The van der Waals surface area contributed by atoms with Gasteiger partial charge in [-0.15, -0.1) is 0 Å². The van der Waals surface area contributed by atoms with Gasteiger partial charge in [-0.1, -0.05) is 19.8 Å². The molecule has 0 aromatic heterocycles. The highest BCUT2D eigenvalue weighted by Gasteiger charge is 2.12. The normalized spacial score (nSPS) is 21.3. The van der Waals surface area contributed by atoms with Crippen LogP contribution in [0.2, 0.25) is 0 Å². The first kappa shape index (κ1) is 8.02. The summed E-state index contributed by atoms with van der Waals surface area (Å²) in [6, 6.07) is 0. The fourth-order valence-electron chi connectivity index (χ4n) is 1.20. The molecular formula is C8H16O2. The molecule has 1 heterocycles. The lowest BCUT2D eigenvalue weighted by Crippen LogP contribution is -2.23. The molecule has 0 bridgehead atoms. The molecule has 0 radical (unpaired) electrons. The summed E-state index contributed by atoms with van der Waals surface area (Å²) in [5.74, 6) is 0.661. The standard InChI is InChI=1S/C8H16O2/c1-2-3-4-8-5-9-7-10-6-8/h8H,2-7H2,1H3. The summed E-state index contributed by atoms with van der Waals surface area (Å²) in [6.45, 7) is 4.52. The summed E-state index contributed by atoms with van der Waals surface area (Å²) >= 11 is 0. The number of rotatable bonds is 3. The summed E-state index contributed by atoms with van der Waals surface area (Å²) in [7, 11) is 0. The first-order valence-electron chi connectivity index (χ1n) is 4.09. The van der Waals surface area contributed by atoms with Gasteiger partial charge >= 0.3 is 0 Å². The average molecular weight is 144 g/mol. The first-order chi connectivity index (χ1) is 4.93. The van der Waals surface area contributed by atoms with Gasteiger partial charge in [0.05, 0.1) is 13.2 Å². The van der Waals surface area contributed by atoms with Crippen molar-refractivity contribution in [1.82, 2.24) is 0 Å². The summed E-state index contributed by atoms with van der Waals surface area (Å²) in [4.78, 5) is 0. The van der Waals surface area contributed by atoms with Gasteiger partial charge in [-0.3, -0.25) is 0 Å². The fourth-order valence-corrected chi connectivity index (χ4v) is 1.20. The van der Waals surface area contributed by atoms with Crippen LogP contribution in [-0.4, -0.2) is 20.0 Å². The van der Waals surface area contributed by atoms with Gasteiger partial charge in [0.2, 0.25) is 0 Å². The Bertz CT molecular complexity index is 77.3. The Morgan fingerprint density at radius 3 is 2.60 bits per heavy atom. The Balaban J connectivity index is 2.02. The molecule has 1 rings (SSSR count). The second kappa shape index (κ2) is 4.69. The molecule has 0 N–H and O–H groups in total. The van der Waals surface area contributed by atoms with Crippen molar-refractivity contribution in [2.24, 2.45) is 5.92 Å². The van der Waals surface area contributed by atoms with Crippen LogP contribution >= 0.6 is 0 Å². The summed E-state index contributed by atoms with van der Waals surface area (Å²) in [5, 5.41) is 0. The number of ether oxygens (including phenoxy) is 2. The molecule has 60 valence electrons. The quantitative estimate of drug-likeness (QED) is 0.601. The van der Waals surface area contributed by atoms with Crippen LogP contribution < -0.4 is 0 Å². The predicted molar refractivity (Wildman–Crippen MR) is 39.8 cm³/mol. The van der Waals surface area contributed by atoms with E-state index in [2.05, 4.69) is 6.92 Å². The van der Waals surface area contributed by atoms with Crippen molar-refractivity contribution in [3.63, 3.8) is 0 Å². The lowest BCUT2D eigenvalue weighted by molar-refractivity contribution is -0.127. The van der Waals surface area contributed by atoms with E-state index in [1.54, 1.807) is 0 Å². The van der Waals surface area contributed by atoms with Gasteiger partial charge in [0.25, 0.3) is 0 Å². The number of hydrogen-bond donors (Lipinski definition) is 0. The number of unbranched alkanes of at least 4 members (excludes halogenated alkanes) is 1. The van der Waals surface area contributed by atoms with E-state index < -0.39 is 0 Å². The second-order valence-electron chi connectivity index (χ2n) is 2.87. The van der Waals surface area contributed by atoms with E-state index in [4.69, 9.17) is 9.47 Å². The second-order valence-corrected chi connectivity index (χ2v) is 2.87. The van der Waals surface area contributed by atoms with Crippen molar-refractivity contribution in [2.45, 2.75) is 26.2 Å². The molecule has 0 amide bonds. The molecule has 0 saturated carbocycles. The van der Waals surface area contributed by atoms with E-state index in [0.29, 0.717) is 12.7 Å². The molecule has 0 spiro atoms. The largest absolute Gasteiger partial charge is 0.355 e. The van der Waals surface area contributed by atoms with Crippen LogP contribution in [-0.2, 0) is 9.47 Å². The average Bonchev–Trinajstić information content (AvgIpc) is 2.03. The van der Waals surface area contributed by atoms with Crippen molar-refractivity contribution in [3.8, 4) is 0 Å². The van der Waals surface area contributed by atoms with Gasteiger partial charge in [0.1, 0.15) is 6.79 Å². The Morgan fingerprint density at radius 1 is 1.30 bits per heavy atom. The summed E-state index contributed by atoms with van der Waals surface area (Å²) < 4.78 is 10.3. The zero-order valence-electron chi connectivity index (χ0n) is 6.64. The zero-order chi connectivity index (χ0) is 7.23.